The average Bonchev–Trinajstić information content (AvgIpc) is 3.00. The van der Waals surface area contributed by atoms with Crippen LogP contribution in [0.4, 0.5) is 19.1 Å². The molecule has 2 aromatic rings. The molecule has 3 rings (SSSR count). The quantitative estimate of drug-likeness (QED) is 0.612. The Bertz CT molecular complexity index is 760. The van der Waals surface area contributed by atoms with Gasteiger partial charge in [0.1, 0.15) is 5.82 Å². The van der Waals surface area contributed by atoms with Gasteiger partial charge in [0.25, 0.3) is 0 Å². The van der Waals surface area contributed by atoms with Crippen LogP contribution in [0, 0.1) is 17.5 Å². The molecule has 0 spiro atoms. The molecule has 0 N–H and O–H groups in total. The van der Waals surface area contributed by atoms with Crippen molar-refractivity contribution in [2.45, 2.75) is 37.7 Å². The van der Waals surface area contributed by atoms with Gasteiger partial charge >= 0.3 is 0 Å². The summed E-state index contributed by atoms with van der Waals surface area (Å²) in [4.78, 5) is 10.8. The third-order valence-corrected chi connectivity index (χ3v) is 4.78. The van der Waals surface area contributed by atoms with Crippen molar-refractivity contribution in [1.29, 1.82) is 0 Å². The molecule has 0 saturated carbocycles. The molecule has 1 fully saturated rings. The van der Waals surface area contributed by atoms with Crippen LogP contribution in [0.5, 0.6) is 0 Å². The molecule has 1 aromatic heterocycles. The summed E-state index contributed by atoms with van der Waals surface area (Å²) >= 11 is 4.53. The maximum absolute atomic E-state index is 13.7. The van der Waals surface area contributed by atoms with Crippen LogP contribution in [0.25, 0.3) is 0 Å². The van der Waals surface area contributed by atoms with E-state index in [9.17, 15) is 13.2 Å². The summed E-state index contributed by atoms with van der Waals surface area (Å²) in [5, 5.41) is 0.151. The molecule has 0 radical (unpaired) electrons. The summed E-state index contributed by atoms with van der Waals surface area (Å²) in [5.74, 6) is -2.52. The summed E-state index contributed by atoms with van der Waals surface area (Å²) in [5.41, 5.74) is 1.04. The zero-order chi connectivity index (χ0) is 18.7. The van der Waals surface area contributed by atoms with E-state index < -0.39 is 17.5 Å². The highest BCUT2D eigenvalue weighted by molar-refractivity contribution is 7.81. The molecule has 1 aliphatic rings. The summed E-state index contributed by atoms with van der Waals surface area (Å²) in [6.07, 6.45) is 5.22. The summed E-state index contributed by atoms with van der Waals surface area (Å²) in [6.45, 7) is 2.86. The van der Waals surface area contributed by atoms with Crippen molar-refractivity contribution in [3.8, 4) is 0 Å². The van der Waals surface area contributed by atoms with Gasteiger partial charge in [-0.25, -0.2) is 23.1 Å². The number of ether oxygens (including phenoxy) is 1. The van der Waals surface area contributed by atoms with Gasteiger partial charge in [-0.15, -0.1) is 0 Å². The number of aromatic nitrogens is 2. The van der Waals surface area contributed by atoms with E-state index in [1.54, 1.807) is 12.4 Å². The maximum Gasteiger partial charge on any atom is 0.225 e. The lowest BCUT2D eigenvalue weighted by Crippen LogP contribution is -2.34. The predicted octanol–water partition coefficient (Wildman–Crippen LogP) is 3.55. The van der Waals surface area contributed by atoms with Gasteiger partial charge in [-0.2, -0.15) is 12.6 Å². The molecular formula is C18H20F3N3OS. The number of anilines is 1. The fraction of sp³-hybridized carbons (Fsp3) is 0.444. The van der Waals surface area contributed by atoms with Crippen LogP contribution in [-0.4, -0.2) is 34.4 Å². The second kappa shape index (κ2) is 8.26. The normalized spacial score (nSPS) is 20.0. The Morgan fingerprint density at radius 1 is 1.15 bits per heavy atom. The molecule has 0 amide bonds. The van der Waals surface area contributed by atoms with Crippen molar-refractivity contribution < 1.29 is 17.9 Å². The molecular weight excluding hydrogens is 363 g/mol. The summed E-state index contributed by atoms with van der Waals surface area (Å²) in [6, 6.07) is 1.34. The standard InChI is InChI=1S/C18H20F3N3OS/c1-2-11-6-22-18(23-7-11)24-8-14(26)4-13(24)10-25-9-12-3-16(20)17(21)5-15(12)19/h3,5-7,13-14,26H,2,4,8-10H2,1H3/t13-,14+/m0/s1. The van der Waals surface area contributed by atoms with E-state index in [0.717, 1.165) is 24.5 Å². The smallest absolute Gasteiger partial charge is 0.225 e. The Hall–Kier alpha value is -1.80. The number of hydrogen-bond donors (Lipinski definition) is 1. The van der Waals surface area contributed by atoms with Crippen molar-refractivity contribution in [1.82, 2.24) is 9.97 Å². The molecule has 1 aliphatic heterocycles. The van der Waals surface area contributed by atoms with Crippen molar-refractivity contribution in [2.24, 2.45) is 0 Å². The van der Waals surface area contributed by atoms with E-state index in [2.05, 4.69) is 22.6 Å². The summed E-state index contributed by atoms with van der Waals surface area (Å²) in [7, 11) is 0. The molecule has 0 aliphatic carbocycles. The predicted molar refractivity (Wildman–Crippen MR) is 95.9 cm³/mol. The van der Waals surface area contributed by atoms with E-state index in [0.29, 0.717) is 18.6 Å². The lowest BCUT2D eigenvalue weighted by atomic mass is 10.2. The largest absolute Gasteiger partial charge is 0.375 e. The molecule has 1 saturated heterocycles. The zero-order valence-electron chi connectivity index (χ0n) is 14.3. The second-order valence-corrected chi connectivity index (χ2v) is 7.04. The van der Waals surface area contributed by atoms with Gasteiger partial charge in [-0.3, -0.25) is 0 Å². The van der Waals surface area contributed by atoms with Gasteiger partial charge in [0, 0.05) is 35.8 Å². The first-order valence-corrected chi connectivity index (χ1v) is 8.96. The minimum Gasteiger partial charge on any atom is -0.375 e. The summed E-state index contributed by atoms with van der Waals surface area (Å²) < 4.78 is 45.5. The number of halogens is 3. The number of nitrogens with zero attached hydrogens (tertiary/aromatic N) is 3. The van der Waals surface area contributed by atoms with Crippen molar-refractivity contribution in [3.63, 3.8) is 0 Å². The highest BCUT2D eigenvalue weighted by atomic mass is 32.1. The fourth-order valence-corrected chi connectivity index (χ4v) is 3.37. The Labute approximate surface area is 155 Å². The Morgan fingerprint density at radius 3 is 2.54 bits per heavy atom. The molecule has 140 valence electrons. The third-order valence-electron chi connectivity index (χ3n) is 4.41. The molecule has 26 heavy (non-hydrogen) atoms. The van der Waals surface area contributed by atoms with E-state index in [1.165, 1.54) is 0 Å². The maximum atomic E-state index is 13.7. The van der Waals surface area contributed by atoms with E-state index >= 15 is 0 Å². The minimum absolute atomic E-state index is 0.0144. The van der Waals surface area contributed by atoms with Crippen LogP contribution in [0.15, 0.2) is 24.5 Å². The van der Waals surface area contributed by atoms with Crippen molar-refractivity contribution >= 4 is 18.6 Å². The van der Waals surface area contributed by atoms with Crippen LogP contribution in [0.2, 0.25) is 0 Å². The molecule has 2 heterocycles. The van der Waals surface area contributed by atoms with Crippen LogP contribution in [0.1, 0.15) is 24.5 Å². The highest BCUT2D eigenvalue weighted by Crippen LogP contribution is 2.26. The van der Waals surface area contributed by atoms with Gasteiger partial charge in [0.15, 0.2) is 11.6 Å². The van der Waals surface area contributed by atoms with Crippen LogP contribution in [-0.2, 0) is 17.8 Å². The van der Waals surface area contributed by atoms with Crippen molar-refractivity contribution in [2.75, 3.05) is 18.1 Å². The van der Waals surface area contributed by atoms with Crippen LogP contribution < -0.4 is 4.90 Å². The first-order chi connectivity index (χ1) is 12.5. The third kappa shape index (κ3) is 4.29. The highest BCUT2D eigenvalue weighted by Gasteiger charge is 2.32. The van der Waals surface area contributed by atoms with Gasteiger partial charge in [0.2, 0.25) is 5.95 Å². The Kier molecular flexibility index (Phi) is 6.03. The van der Waals surface area contributed by atoms with E-state index in [1.807, 2.05) is 11.8 Å². The van der Waals surface area contributed by atoms with Gasteiger partial charge in [0.05, 0.1) is 19.3 Å². The van der Waals surface area contributed by atoms with E-state index in [4.69, 9.17) is 4.74 Å². The molecule has 0 unspecified atom stereocenters. The number of thiol groups is 1. The van der Waals surface area contributed by atoms with Crippen molar-refractivity contribution in [3.05, 3.63) is 53.1 Å². The topological polar surface area (TPSA) is 38.2 Å². The van der Waals surface area contributed by atoms with Crippen LogP contribution in [0.3, 0.4) is 0 Å². The van der Waals surface area contributed by atoms with E-state index in [-0.39, 0.29) is 30.1 Å². The average molecular weight is 383 g/mol. The lowest BCUT2D eigenvalue weighted by molar-refractivity contribution is 0.106. The van der Waals surface area contributed by atoms with Crippen LogP contribution >= 0.6 is 12.6 Å². The molecule has 1 aromatic carbocycles. The Morgan fingerprint density at radius 2 is 1.85 bits per heavy atom. The Balaban J connectivity index is 1.63. The number of aryl methyl sites for hydroxylation is 1. The first kappa shape index (κ1) is 19.0. The number of hydrogen-bond acceptors (Lipinski definition) is 5. The lowest BCUT2D eigenvalue weighted by Gasteiger charge is -2.24. The molecule has 0 bridgehead atoms. The monoisotopic (exact) mass is 383 g/mol. The molecule has 2 atom stereocenters. The fourth-order valence-electron chi connectivity index (χ4n) is 2.95. The minimum atomic E-state index is -1.21. The first-order valence-electron chi connectivity index (χ1n) is 8.44. The van der Waals surface area contributed by atoms with Gasteiger partial charge in [-0.05, 0) is 24.5 Å². The van der Waals surface area contributed by atoms with Gasteiger partial charge < -0.3 is 9.64 Å². The zero-order valence-corrected chi connectivity index (χ0v) is 15.2. The number of benzene rings is 1. The molecule has 4 nitrogen and oxygen atoms in total. The second-order valence-electron chi connectivity index (χ2n) is 6.31. The number of rotatable bonds is 6. The molecule has 8 heteroatoms. The SMILES string of the molecule is CCc1cnc(N2C[C@H](S)C[C@H]2COCc2cc(F)c(F)cc2F)nc1. The van der Waals surface area contributed by atoms with Gasteiger partial charge in [-0.1, -0.05) is 6.92 Å².